The molecular weight excluding hydrogens is 224 g/mol. The quantitative estimate of drug-likeness (QED) is 0.883. The van der Waals surface area contributed by atoms with Crippen molar-refractivity contribution in [3.8, 4) is 0 Å². The van der Waals surface area contributed by atoms with Gasteiger partial charge in [0.15, 0.2) is 0 Å². The second-order valence-corrected chi connectivity index (χ2v) is 5.19. The number of pyridine rings is 1. The van der Waals surface area contributed by atoms with Crippen molar-refractivity contribution in [2.75, 3.05) is 31.6 Å². The van der Waals surface area contributed by atoms with E-state index < -0.39 is 0 Å². The monoisotopic (exact) mass is 248 g/mol. The Morgan fingerprint density at radius 2 is 2.28 bits per heavy atom. The maximum atomic E-state index is 6.04. The Labute approximate surface area is 110 Å². The fourth-order valence-electron chi connectivity index (χ4n) is 2.61. The molecule has 0 aromatic carbocycles. The highest BCUT2D eigenvalue weighted by molar-refractivity contribution is 5.48. The van der Waals surface area contributed by atoms with Gasteiger partial charge in [-0.3, -0.25) is 4.90 Å². The molecule has 1 aliphatic heterocycles. The predicted molar refractivity (Wildman–Crippen MR) is 75.8 cm³/mol. The van der Waals surface area contributed by atoms with Crippen LogP contribution in [0.3, 0.4) is 0 Å². The number of anilines is 1. The first kappa shape index (κ1) is 13.3. The van der Waals surface area contributed by atoms with Gasteiger partial charge in [0, 0.05) is 43.5 Å². The second-order valence-electron chi connectivity index (χ2n) is 5.19. The summed E-state index contributed by atoms with van der Waals surface area (Å²) in [5, 5.41) is 0. The molecule has 2 rings (SSSR count). The van der Waals surface area contributed by atoms with Crippen LogP contribution in [0.25, 0.3) is 0 Å². The Hall–Kier alpha value is -1.13. The smallest absolute Gasteiger partial charge is 0.133 e. The molecule has 2 N–H and O–H groups in total. The molecule has 2 atom stereocenters. The average Bonchev–Trinajstić information content (AvgIpc) is 2.39. The summed E-state index contributed by atoms with van der Waals surface area (Å²) in [6, 6.07) is 4.71. The van der Waals surface area contributed by atoms with Crippen LogP contribution in [0.1, 0.15) is 31.9 Å². The van der Waals surface area contributed by atoms with Crippen molar-refractivity contribution >= 4 is 5.82 Å². The van der Waals surface area contributed by atoms with Gasteiger partial charge in [0.2, 0.25) is 0 Å². The lowest BCUT2D eigenvalue weighted by atomic mass is 10.1. The molecule has 0 amide bonds. The number of rotatable bonds is 3. The van der Waals surface area contributed by atoms with Crippen molar-refractivity contribution in [2.24, 2.45) is 5.73 Å². The SMILES string of the molecule is CCC1CN(c2ncccc2[C@@H](C)N)CCN1C. The van der Waals surface area contributed by atoms with Crippen molar-refractivity contribution < 1.29 is 0 Å². The lowest BCUT2D eigenvalue weighted by Gasteiger charge is -2.40. The van der Waals surface area contributed by atoms with Gasteiger partial charge in [-0.1, -0.05) is 13.0 Å². The number of nitrogens with two attached hydrogens (primary N) is 1. The molecule has 0 radical (unpaired) electrons. The van der Waals surface area contributed by atoms with Gasteiger partial charge in [-0.15, -0.1) is 0 Å². The molecule has 0 spiro atoms. The predicted octanol–water partition coefficient (Wildman–Crippen LogP) is 1.63. The Balaban J connectivity index is 2.21. The molecule has 1 saturated heterocycles. The summed E-state index contributed by atoms with van der Waals surface area (Å²) >= 11 is 0. The van der Waals surface area contributed by atoms with Crippen LogP contribution < -0.4 is 10.6 Å². The number of hydrogen-bond acceptors (Lipinski definition) is 4. The Kier molecular flexibility index (Phi) is 4.19. The Morgan fingerprint density at radius 1 is 1.50 bits per heavy atom. The van der Waals surface area contributed by atoms with Crippen LogP contribution in [0.2, 0.25) is 0 Å². The molecule has 1 fully saturated rings. The molecule has 1 unspecified atom stereocenters. The zero-order valence-corrected chi connectivity index (χ0v) is 11.6. The first-order valence-electron chi connectivity index (χ1n) is 6.79. The number of aromatic nitrogens is 1. The molecule has 0 saturated carbocycles. The zero-order valence-electron chi connectivity index (χ0n) is 11.6. The third kappa shape index (κ3) is 2.65. The van der Waals surface area contributed by atoms with Crippen LogP contribution in [0, 0.1) is 0 Å². The summed E-state index contributed by atoms with van der Waals surface area (Å²) in [5.74, 6) is 1.07. The largest absolute Gasteiger partial charge is 0.353 e. The van der Waals surface area contributed by atoms with Crippen LogP contribution in [0.15, 0.2) is 18.3 Å². The summed E-state index contributed by atoms with van der Waals surface area (Å²) in [7, 11) is 2.20. The average molecular weight is 248 g/mol. The van der Waals surface area contributed by atoms with Crippen LogP contribution >= 0.6 is 0 Å². The van der Waals surface area contributed by atoms with E-state index in [1.165, 1.54) is 6.42 Å². The van der Waals surface area contributed by atoms with Gasteiger partial charge < -0.3 is 10.6 Å². The highest BCUT2D eigenvalue weighted by atomic mass is 15.3. The van der Waals surface area contributed by atoms with E-state index in [2.05, 4.69) is 34.8 Å². The minimum atomic E-state index is 0.0356. The summed E-state index contributed by atoms with van der Waals surface area (Å²) in [5.41, 5.74) is 7.19. The van der Waals surface area contributed by atoms with Gasteiger partial charge in [-0.25, -0.2) is 4.98 Å². The molecule has 0 bridgehead atoms. The molecule has 1 aromatic rings. The summed E-state index contributed by atoms with van der Waals surface area (Å²) in [6.07, 6.45) is 3.04. The normalized spacial score (nSPS) is 23.1. The number of nitrogens with zero attached hydrogens (tertiary/aromatic N) is 3. The Bertz CT molecular complexity index is 391. The van der Waals surface area contributed by atoms with Crippen molar-refractivity contribution in [2.45, 2.75) is 32.4 Å². The van der Waals surface area contributed by atoms with Gasteiger partial charge in [0.05, 0.1) is 0 Å². The number of likely N-dealkylation sites (N-methyl/N-ethyl adjacent to an activating group) is 1. The summed E-state index contributed by atoms with van der Waals surface area (Å²) in [4.78, 5) is 9.36. The molecule has 0 aliphatic carbocycles. The fourth-order valence-corrected chi connectivity index (χ4v) is 2.61. The highest BCUT2D eigenvalue weighted by Gasteiger charge is 2.25. The standard InChI is InChI=1S/C14H24N4/c1-4-12-10-18(9-8-17(12)3)14-13(11(2)15)6-5-7-16-14/h5-7,11-12H,4,8-10,15H2,1-3H3/t11-,12?/m1/s1. The van der Waals surface area contributed by atoms with Gasteiger partial charge >= 0.3 is 0 Å². The third-order valence-corrected chi connectivity index (χ3v) is 3.86. The van der Waals surface area contributed by atoms with Crippen molar-refractivity contribution in [1.29, 1.82) is 0 Å². The summed E-state index contributed by atoms with van der Waals surface area (Å²) in [6.45, 7) is 7.43. The lowest BCUT2D eigenvalue weighted by molar-refractivity contribution is 0.212. The van der Waals surface area contributed by atoms with E-state index in [4.69, 9.17) is 5.73 Å². The van der Waals surface area contributed by atoms with Crippen molar-refractivity contribution in [3.05, 3.63) is 23.9 Å². The zero-order chi connectivity index (χ0) is 13.1. The summed E-state index contributed by atoms with van der Waals surface area (Å²) < 4.78 is 0. The van der Waals surface area contributed by atoms with Crippen molar-refractivity contribution in [3.63, 3.8) is 0 Å². The topological polar surface area (TPSA) is 45.4 Å². The van der Waals surface area contributed by atoms with E-state index in [-0.39, 0.29) is 6.04 Å². The first-order valence-corrected chi connectivity index (χ1v) is 6.79. The number of hydrogen-bond donors (Lipinski definition) is 1. The minimum Gasteiger partial charge on any atom is -0.353 e. The van der Waals surface area contributed by atoms with Crippen molar-refractivity contribution in [1.82, 2.24) is 9.88 Å². The third-order valence-electron chi connectivity index (χ3n) is 3.86. The molecule has 18 heavy (non-hydrogen) atoms. The van der Waals surface area contributed by atoms with E-state index >= 15 is 0 Å². The molecule has 1 aliphatic rings. The molecule has 4 heteroatoms. The van der Waals surface area contributed by atoms with Gasteiger partial charge in [-0.2, -0.15) is 0 Å². The van der Waals surface area contributed by atoms with Crippen LogP contribution in [-0.4, -0.2) is 42.6 Å². The fraction of sp³-hybridized carbons (Fsp3) is 0.643. The maximum absolute atomic E-state index is 6.04. The number of piperazine rings is 1. The second kappa shape index (κ2) is 5.67. The highest BCUT2D eigenvalue weighted by Crippen LogP contribution is 2.24. The molecular formula is C14H24N4. The van der Waals surface area contributed by atoms with Crippen LogP contribution in [0.4, 0.5) is 5.82 Å². The van der Waals surface area contributed by atoms with Crippen LogP contribution in [0.5, 0.6) is 0 Å². The lowest BCUT2D eigenvalue weighted by Crippen LogP contribution is -2.51. The van der Waals surface area contributed by atoms with E-state index in [1.807, 2.05) is 19.2 Å². The molecule has 1 aromatic heterocycles. The Morgan fingerprint density at radius 3 is 2.94 bits per heavy atom. The van der Waals surface area contributed by atoms with Crippen LogP contribution in [-0.2, 0) is 0 Å². The minimum absolute atomic E-state index is 0.0356. The van der Waals surface area contributed by atoms with Gasteiger partial charge in [0.25, 0.3) is 0 Å². The van der Waals surface area contributed by atoms with E-state index in [0.29, 0.717) is 6.04 Å². The molecule has 100 valence electrons. The first-order chi connectivity index (χ1) is 8.63. The molecule has 2 heterocycles. The van der Waals surface area contributed by atoms with Gasteiger partial charge in [-0.05, 0) is 26.5 Å². The maximum Gasteiger partial charge on any atom is 0.133 e. The van der Waals surface area contributed by atoms with Gasteiger partial charge in [0.1, 0.15) is 5.82 Å². The van der Waals surface area contributed by atoms with E-state index in [1.54, 1.807) is 0 Å². The van der Waals surface area contributed by atoms with E-state index in [0.717, 1.165) is 31.0 Å². The van der Waals surface area contributed by atoms with E-state index in [9.17, 15) is 0 Å². The molecule has 4 nitrogen and oxygen atoms in total.